The summed E-state index contributed by atoms with van der Waals surface area (Å²) in [5, 5.41) is 0. The molecule has 0 saturated carbocycles. The zero-order valence-corrected chi connectivity index (χ0v) is 16.6. The molecule has 2 heterocycles. The van der Waals surface area contributed by atoms with Gasteiger partial charge in [0.05, 0.1) is 5.54 Å². The van der Waals surface area contributed by atoms with Crippen molar-refractivity contribution in [2.24, 2.45) is 5.92 Å². The fraction of sp³-hybridized carbons (Fsp3) is 0.435. The number of hydrogen-bond donors (Lipinski definition) is 0. The van der Waals surface area contributed by atoms with Gasteiger partial charge in [-0.2, -0.15) is 0 Å². The second kappa shape index (κ2) is 6.33. The van der Waals surface area contributed by atoms with E-state index in [0.29, 0.717) is 5.92 Å². The Labute approximate surface area is 152 Å². The lowest BCUT2D eigenvalue weighted by molar-refractivity contribution is 0.565. The van der Waals surface area contributed by atoms with Gasteiger partial charge in [0.25, 0.3) is 0 Å². The first-order valence-corrected chi connectivity index (χ1v) is 9.23. The standard InChI is InChI=1S/C23H30N2/c1-15(2)12-19-9-11-24-22-20(19)8-10-23(6,25(22)7)21-14-16(3)13-17(4)18(21)5/h8-11,13-15H,12H2,1-7H3. The Hall–Kier alpha value is -2.09. The first-order chi connectivity index (χ1) is 11.7. The average molecular weight is 335 g/mol. The highest BCUT2D eigenvalue weighted by molar-refractivity contribution is 5.74. The largest absolute Gasteiger partial charge is 0.346 e. The number of aromatic nitrogens is 1. The van der Waals surface area contributed by atoms with E-state index < -0.39 is 0 Å². The normalized spacial score (nSPS) is 19.4. The van der Waals surface area contributed by atoms with Crippen LogP contribution in [0, 0.1) is 26.7 Å². The number of rotatable bonds is 3. The van der Waals surface area contributed by atoms with Gasteiger partial charge in [-0.05, 0) is 68.4 Å². The van der Waals surface area contributed by atoms with Gasteiger partial charge in [0.2, 0.25) is 0 Å². The van der Waals surface area contributed by atoms with Crippen LogP contribution in [-0.4, -0.2) is 12.0 Å². The van der Waals surface area contributed by atoms with Crippen LogP contribution in [0.5, 0.6) is 0 Å². The Bertz CT molecular complexity index is 832. The third-order valence-corrected chi connectivity index (χ3v) is 5.63. The highest BCUT2D eigenvalue weighted by Gasteiger charge is 2.35. The molecule has 0 N–H and O–H groups in total. The Morgan fingerprint density at radius 3 is 2.56 bits per heavy atom. The zero-order valence-electron chi connectivity index (χ0n) is 16.6. The summed E-state index contributed by atoms with van der Waals surface area (Å²) in [6.07, 6.45) is 7.68. The summed E-state index contributed by atoms with van der Waals surface area (Å²) in [6.45, 7) is 13.4. The summed E-state index contributed by atoms with van der Waals surface area (Å²) in [4.78, 5) is 7.08. The van der Waals surface area contributed by atoms with Crippen LogP contribution in [0.1, 0.15) is 54.2 Å². The molecule has 132 valence electrons. The van der Waals surface area contributed by atoms with Crippen molar-refractivity contribution in [1.29, 1.82) is 0 Å². The van der Waals surface area contributed by atoms with Gasteiger partial charge >= 0.3 is 0 Å². The highest BCUT2D eigenvalue weighted by Crippen LogP contribution is 2.41. The molecule has 0 spiro atoms. The smallest absolute Gasteiger partial charge is 0.136 e. The van der Waals surface area contributed by atoms with Gasteiger partial charge < -0.3 is 4.90 Å². The topological polar surface area (TPSA) is 16.1 Å². The molecule has 1 unspecified atom stereocenters. The van der Waals surface area contributed by atoms with Crippen molar-refractivity contribution < 1.29 is 0 Å². The summed E-state index contributed by atoms with van der Waals surface area (Å²) in [7, 11) is 2.17. The molecule has 0 bridgehead atoms. The molecule has 1 atom stereocenters. The molecule has 2 nitrogen and oxygen atoms in total. The summed E-state index contributed by atoms with van der Waals surface area (Å²) in [5.74, 6) is 1.72. The fourth-order valence-electron chi connectivity index (χ4n) is 3.98. The lowest BCUT2D eigenvalue weighted by atomic mass is 9.81. The van der Waals surface area contributed by atoms with Gasteiger partial charge in [0, 0.05) is 18.8 Å². The predicted octanol–water partition coefficient (Wildman–Crippen LogP) is 5.58. The molecule has 0 amide bonds. The molecule has 2 aromatic rings. The van der Waals surface area contributed by atoms with E-state index in [0.717, 1.165) is 12.2 Å². The van der Waals surface area contributed by atoms with Crippen molar-refractivity contribution in [2.45, 2.75) is 53.5 Å². The fourth-order valence-corrected chi connectivity index (χ4v) is 3.98. The number of fused-ring (bicyclic) bond motifs is 1. The molecule has 1 aliphatic heterocycles. The van der Waals surface area contributed by atoms with Crippen molar-refractivity contribution in [2.75, 3.05) is 11.9 Å². The number of likely N-dealkylation sites (N-methyl/N-ethyl adjacent to an activating group) is 1. The number of benzene rings is 1. The van der Waals surface area contributed by atoms with Crippen LogP contribution in [0.25, 0.3) is 6.08 Å². The first kappa shape index (κ1) is 17.7. The Kier molecular flexibility index (Phi) is 4.49. The van der Waals surface area contributed by atoms with E-state index in [1.807, 2.05) is 6.20 Å². The van der Waals surface area contributed by atoms with E-state index in [1.54, 1.807) is 0 Å². The van der Waals surface area contributed by atoms with Crippen molar-refractivity contribution >= 4 is 11.9 Å². The third-order valence-electron chi connectivity index (χ3n) is 5.63. The molecule has 0 radical (unpaired) electrons. The second-order valence-corrected chi connectivity index (χ2v) is 8.10. The van der Waals surface area contributed by atoms with E-state index >= 15 is 0 Å². The zero-order chi connectivity index (χ0) is 18.4. The van der Waals surface area contributed by atoms with Crippen molar-refractivity contribution in [1.82, 2.24) is 4.98 Å². The minimum absolute atomic E-state index is 0.183. The maximum atomic E-state index is 4.74. The van der Waals surface area contributed by atoms with E-state index in [2.05, 4.69) is 83.8 Å². The van der Waals surface area contributed by atoms with Gasteiger partial charge in [0.15, 0.2) is 0 Å². The number of hydrogen-bond acceptors (Lipinski definition) is 2. The van der Waals surface area contributed by atoms with E-state index in [-0.39, 0.29) is 5.54 Å². The van der Waals surface area contributed by atoms with Crippen molar-refractivity contribution in [3.8, 4) is 0 Å². The van der Waals surface area contributed by atoms with Gasteiger partial charge in [-0.25, -0.2) is 4.98 Å². The van der Waals surface area contributed by atoms with Crippen LogP contribution in [0.15, 0.2) is 30.5 Å². The third kappa shape index (κ3) is 2.99. The maximum absolute atomic E-state index is 4.74. The summed E-state index contributed by atoms with van der Waals surface area (Å²) in [5.41, 5.74) is 7.88. The van der Waals surface area contributed by atoms with Crippen LogP contribution in [0.2, 0.25) is 0 Å². The van der Waals surface area contributed by atoms with Crippen molar-refractivity contribution in [3.05, 3.63) is 63.9 Å². The van der Waals surface area contributed by atoms with Crippen LogP contribution in [-0.2, 0) is 12.0 Å². The van der Waals surface area contributed by atoms with E-state index in [4.69, 9.17) is 4.98 Å². The molecule has 3 rings (SSSR count). The van der Waals surface area contributed by atoms with Gasteiger partial charge in [0.1, 0.15) is 5.82 Å². The number of nitrogens with zero attached hydrogens (tertiary/aromatic N) is 2. The molecule has 1 aliphatic rings. The average Bonchev–Trinajstić information content (AvgIpc) is 2.54. The molecule has 1 aromatic heterocycles. The summed E-state index contributed by atoms with van der Waals surface area (Å²) >= 11 is 0. The van der Waals surface area contributed by atoms with Gasteiger partial charge in [-0.15, -0.1) is 0 Å². The number of anilines is 1. The molecule has 0 fully saturated rings. The molecular formula is C23H30N2. The number of pyridine rings is 1. The Morgan fingerprint density at radius 1 is 1.16 bits per heavy atom. The van der Waals surface area contributed by atoms with Crippen LogP contribution in [0.4, 0.5) is 5.82 Å². The molecule has 2 heteroatoms. The van der Waals surface area contributed by atoms with E-state index in [1.165, 1.54) is 33.4 Å². The quantitative estimate of drug-likeness (QED) is 0.728. The highest BCUT2D eigenvalue weighted by atomic mass is 15.2. The number of aryl methyl sites for hydroxylation is 2. The lowest BCUT2D eigenvalue weighted by Gasteiger charge is -2.42. The summed E-state index contributed by atoms with van der Waals surface area (Å²) < 4.78 is 0. The van der Waals surface area contributed by atoms with Gasteiger partial charge in [-0.3, -0.25) is 0 Å². The molecule has 0 aliphatic carbocycles. The summed E-state index contributed by atoms with van der Waals surface area (Å²) in [6, 6.07) is 6.76. The van der Waals surface area contributed by atoms with Crippen molar-refractivity contribution in [3.63, 3.8) is 0 Å². The SMILES string of the molecule is Cc1cc(C)c(C)c(C2(C)C=Cc3c(CC(C)C)ccnc3N2C)c1. The van der Waals surface area contributed by atoms with E-state index in [9.17, 15) is 0 Å². The Morgan fingerprint density at radius 2 is 1.88 bits per heavy atom. The Balaban J connectivity index is 2.14. The monoisotopic (exact) mass is 334 g/mol. The maximum Gasteiger partial charge on any atom is 0.136 e. The van der Waals surface area contributed by atoms with Gasteiger partial charge in [-0.1, -0.05) is 43.7 Å². The predicted molar refractivity (Wildman–Crippen MR) is 108 cm³/mol. The first-order valence-electron chi connectivity index (χ1n) is 9.23. The molecule has 0 saturated heterocycles. The molecule has 25 heavy (non-hydrogen) atoms. The minimum Gasteiger partial charge on any atom is -0.346 e. The molecule has 1 aromatic carbocycles. The lowest BCUT2D eigenvalue weighted by Crippen LogP contribution is -2.43. The van der Waals surface area contributed by atoms with Crippen LogP contribution >= 0.6 is 0 Å². The molecular weight excluding hydrogens is 304 g/mol. The second-order valence-electron chi connectivity index (χ2n) is 8.10. The van der Waals surface area contributed by atoms with Crippen LogP contribution < -0.4 is 4.90 Å². The minimum atomic E-state index is -0.183. The van der Waals surface area contributed by atoms with Crippen LogP contribution in [0.3, 0.4) is 0 Å².